The third-order valence-corrected chi connectivity index (χ3v) is 4.54. The van der Waals surface area contributed by atoms with Crippen molar-refractivity contribution in [3.05, 3.63) is 28.8 Å². The van der Waals surface area contributed by atoms with Gasteiger partial charge in [0.1, 0.15) is 5.75 Å². The van der Waals surface area contributed by atoms with Gasteiger partial charge in [-0.3, -0.25) is 9.69 Å². The summed E-state index contributed by atoms with van der Waals surface area (Å²) in [5.41, 5.74) is 0.663. The predicted molar refractivity (Wildman–Crippen MR) is 86.4 cm³/mol. The SMILES string of the molecule is CCCC1CCN(CC(=O)c2ccc(OC)c(Cl)c2)CC1. The van der Waals surface area contributed by atoms with Crippen molar-refractivity contribution in [2.75, 3.05) is 26.7 Å². The number of methoxy groups -OCH3 is 1. The number of Topliss-reactive ketones (excluding diaryl/α,β-unsaturated/α-hetero) is 1. The van der Waals surface area contributed by atoms with Crippen LogP contribution in [0.2, 0.25) is 5.02 Å². The third kappa shape index (κ3) is 4.45. The van der Waals surface area contributed by atoms with E-state index in [1.165, 1.54) is 25.7 Å². The monoisotopic (exact) mass is 309 g/mol. The number of benzene rings is 1. The number of ketones is 1. The number of halogens is 1. The van der Waals surface area contributed by atoms with Gasteiger partial charge >= 0.3 is 0 Å². The summed E-state index contributed by atoms with van der Waals surface area (Å²) in [6, 6.07) is 5.24. The molecule has 2 rings (SSSR count). The molecule has 0 unspecified atom stereocenters. The van der Waals surface area contributed by atoms with Gasteiger partial charge in [-0.25, -0.2) is 0 Å². The van der Waals surface area contributed by atoms with E-state index >= 15 is 0 Å². The van der Waals surface area contributed by atoms with Crippen molar-refractivity contribution in [2.24, 2.45) is 5.92 Å². The third-order valence-electron chi connectivity index (χ3n) is 4.25. The van der Waals surface area contributed by atoms with E-state index in [1.807, 2.05) is 0 Å². The van der Waals surface area contributed by atoms with E-state index in [-0.39, 0.29) is 5.78 Å². The number of carbonyl (C=O) groups excluding carboxylic acids is 1. The Labute approximate surface area is 132 Å². The highest BCUT2D eigenvalue weighted by molar-refractivity contribution is 6.32. The number of hydrogen-bond acceptors (Lipinski definition) is 3. The highest BCUT2D eigenvalue weighted by Gasteiger charge is 2.21. The number of rotatable bonds is 6. The molecule has 1 heterocycles. The number of carbonyl (C=O) groups is 1. The van der Waals surface area contributed by atoms with Crippen molar-refractivity contribution in [3.8, 4) is 5.75 Å². The van der Waals surface area contributed by atoms with E-state index in [0.717, 1.165) is 19.0 Å². The van der Waals surface area contributed by atoms with Crippen molar-refractivity contribution >= 4 is 17.4 Å². The molecule has 1 aliphatic rings. The maximum absolute atomic E-state index is 12.3. The molecule has 1 fully saturated rings. The van der Waals surface area contributed by atoms with Crippen molar-refractivity contribution in [3.63, 3.8) is 0 Å². The van der Waals surface area contributed by atoms with Crippen LogP contribution in [0, 0.1) is 5.92 Å². The number of likely N-dealkylation sites (tertiary alicyclic amines) is 1. The Morgan fingerprint density at radius 2 is 2.10 bits per heavy atom. The number of ether oxygens (including phenoxy) is 1. The highest BCUT2D eigenvalue weighted by Crippen LogP contribution is 2.26. The van der Waals surface area contributed by atoms with Gasteiger partial charge in [-0.2, -0.15) is 0 Å². The van der Waals surface area contributed by atoms with E-state index < -0.39 is 0 Å². The Hall–Kier alpha value is -1.06. The Kier molecular flexibility index (Phi) is 6.07. The summed E-state index contributed by atoms with van der Waals surface area (Å²) in [6.07, 6.45) is 5.00. The normalized spacial score (nSPS) is 16.9. The zero-order valence-corrected chi connectivity index (χ0v) is 13.7. The summed E-state index contributed by atoms with van der Waals surface area (Å²) in [4.78, 5) is 14.6. The minimum Gasteiger partial charge on any atom is -0.495 e. The maximum atomic E-state index is 12.3. The molecule has 21 heavy (non-hydrogen) atoms. The summed E-state index contributed by atoms with van der Waals surface area (Å²) >= 11 is 6.08. The molecule has 1 aromatic carbocycles. The lowest BCUT2D eigenvalue weighted by Gasteiger charge is -2.31. The molecular weight excluding hydrogens is 286 g/mol. The van der Waals surface area contributed by atoms with Crippen LogP contribution in [0.1, 0.15) is 43.0 Å². The smallest absolute Gasteiger partial charge is 0.176 e. The van der Waals surface area contributed by atoms with E-state index in [2.05, 4.69) is 11.8 Å². The van der Waals surface area contributed by atoms with Gasteiger partial charge in [-0.1, -0.05) is 31.4 Å². The van der Waals surface area contributed by atoms with E-state index in [0.29, 0.717) is 22.9 Å². The lowest BCUT2D eigenvalue weighted by molar-refractivity contribution is 0.0893. The fourth-order valence-electron chi connectivity index (χ4n) is 2.98. The van der Waals surface area contributed by atoms with Crippen LogP contribution < -0.4 is 4.74 Å². The summed E-state index contributed by atoms with van der Waals surface area (Å²) in [7, 11) is 1.57. The fourth-order valence-corrected chi connectivity index (χ4v) is 3.23. The minimum atomic E-state index is 0.133. The summed E-state index contributed by atoms with van der Waals surface area (Å²) in [5, 5.41) is 0.491. The second-order valence-corrected chi connectivity index (χ2v) is 6.19. The first-order valence-corrected chi connectivity index (χ1v) is 8.11. The average Bonchev–Trinajstić information content (AvgIpc) is 2.49. The Bertz CT molecular complexity index is 482. The van der Waals surface area contributed by atoms with Crippen LogP contribution >= 0.6 is 11.6 Å². The first-order valence-electron chi connectivity index (χ1n) is 7.73. The highest BCUT2D eigenvalue weighted by atomic mass is 35.5. The van der Waals surface area contributed by atoms with Gasteiger partial charge < -0.3 is 4.74 Å². The lowest BCUT2D eigenvalue weighted by atomic mass is 9.92. The number of nitrogens with zero attached hydrogens (tertiary/aromatic N) is 1. The van der Waals surface area contributed by atoms with Crippen LogP contribution in [0.4, 0.5) is 0 Å². The van der Waals surface area contributed by atoms with Gasteiger partial charge in [-0.05, 0) is 50.0 Å². The van der Waals surface area contributed by atoms with Crippen LogP contribution in [0.15, 0.2) is 18.2 Å². The van der Waals surface area contributed by atoms with Gasteiger partial charge in [0.2, 0.25) is 0 Å². The Morgan fingerprint density at radius 3 is 2.67 bits per heavy atom. The van der Waals surface area contributed by atoms with Crippen LogP contribution in [-0.2, 0) is 0 Å². The Balaban J connectivity index is 1.89. The molecule has 0 aromatic heterocycles. The van der Waals surface area contributed by atoms with Gasteiger partial charge in [0.05, 0.1) is 18.7 Å². The molecule has 0 amide bonds. The van der Waals surface area contributed by atoms with E-state index in [4.69, 9.17) is 16.3 Å². The van der Waals surface area contributed by atoms with Gasteiger partial charge in [-0.15, -0.1) is 0 Å². The Morgan fingerprint density at radius 1 is 1.38 bits per heavy atom. The molecule has 4 heteroatoms. The number of hydrogen-bond donors (Lipinski definition) is 0. The van der Waals surface area contributed by atoms with E-state index in [1.54, 1.807) is 25.3 Å². The van der Waals surface area contributed by atoms with Crippen LogP contribution in [0.3, 0.4) is 0 Å². The van der Waals surface area contributed by atoms with Crippen molar-refractivity contribution in [1.82, 2.24) is 4.90 Å². The molecule has 3 nitrogen and oxygen atoms in total. The van der Waals surface area contributed by atoms with Crippen LogP contribution in [-0.4, -0.2) is 37.4 Å². The molecule has 0 atom stereocenters. The molecule has 0 saturated carbocycles. The van der Waals surface area contributed by atoms with E-state index in [9.17, 15) is 4.79 Å². The first-order chi connectivity index (χ1) is 10.1. The van der Waals surface area contributed by atoms with Crippen molar-refractivity contribution in [2.45, 2.75) is 32.6 Å². The average molecular weight is 310 g/mol. The lowest BCUT2D eigenvalue weighted by Crippen LogP contribution is -2.37. The summed E-state index contributed by atoms with van der Waals surface area (Å²) in [6.45, 7) is 4.78. The molecule has 1 aliphatic heterocycles. The van der Waals surface area contributed by atoms with Crippen molar-refractivity contribution in [1.29, 1.82) is 0 Å². The molecule has 0 N–H and O–H groups in total. The quantitative estimate of drug-likeness (QED) is 0.743. The van der Waals surface area contributed by atoms with Crippen LogP contribution in [0.5, 0.6) is 5.75 Å². The van der Waals surface area contributed by atoms with Gasteiger partial charge in [0.15, 0.2) is 5.78 Å². The molecule has 116 valence electrons. The first kappa shape index (κ1) is 16.3. The summed E-state index contributed by atoms with van der Waals surface area (Å²) in [5.74, 6) is 1.58. The zero-order valence-electron chi connectivity index (χ0n) is 12.9. The topological polar surface area (TPSA) is 29.5 Å². The van der Waals surface area contributed by atoms with Crippen LogP contribution in [0.25, 0.3) is 0 Å². The number of piperidine rings is 1. The van der Waals surface area contributed by atoms with Crippen molar-refractivity contribution < 1.29 is 9.53 Å². The fraction of sp³-hybridized carbons (Fsp3) is 0.588. The molecular formula is C17H24ClNO2. The standard InChI is InChI=1S/C17H24ClNO2/c1-3-4-13-7-9-19(10-8-13)12-16(20)14-5-6-17(21-2)15(18)11-14/h5-6,11,13H,3-4,7-10,12H2,1-2H3. The molecule has 0 radical (unpaired) electrons. The van der Waals surface area contributed by atoms with Gasteiger partial charge in [0.25, 0.3) is 0 Å². The maximum Gasteiger partial charge on any atom is 0.176 e. The van der Waals surface area contributed by atoms with Gasteiger partial charge in [0, 0.05) is 5.56 Å². The second kappa shape index (κ2) is 7.81. The summed E-state index contributed by atoms with van der Waals surface area (Å²) < 4.78 is 5.11. The molecule has 0 bridgehead atoms. The largest absolute Gasteiger partial charge is 0.495 e. The molecule has 0 spiro atoms. The second-order valence-electron chi connectivity index (χ2n) is 5.78. The predicted octanol–water partition coefficient (Wildman–Crippen LogP) is 4.04. The zero-order chi connectivity index (χ0) is 15.2. The minimum absolute atomic E-state index is 0.133. The molecule has 1 aromatic rings. The molecule has 1 saturated heterocycles. The molecule has 0 aliphatic carbocycles.